The van der Waals surface area contributed by atoms with Crippen LogP contribution in [0, 0.1) is 0 Å². The number of rotatable bonds is 6. The SMILES string of the molecule is Nc1ccc(S(=O)(=O)NCCOC2CCCC2)cc1Cl. The first kappa shape index (κ1) is 15.6. The Morgan fingerprint density at radius 2 is 2.05 bits per heavy atom. The van der Waals surface area contributed by atoms with Gasteiger partial charge in [0.05, 0.1) is 28.3 Å². The summed E-state index contributed by atoms with van der Waals surface area (Å²) in [4.78, 5) is 0.109. The summed E-state index contributed by atoms with van der Waals surface area (Å²) in [7, 11) is -3.57. The molecule has 0 heterocycles. The third-order valence-electron chi connectivity index (χ3n) is 3.33. The molecule has 0 amide bonds. The molecule has 7 heteroatoms. The minimum atomic E-state index is -3.57. The molecule has 1 saturated carbocycles. The van der Waals surface area contributed by atoms with Crippen LogP contribution in [-0.2, 0) is 14.8 Å². The van der Waals surface area contributed by atoms with E-state index in [-0.39, 0.29) is 22.6 Å². The Kier molecular flexibility index (Phi) is 5.26. The maximum absolute atomic E-state index is 12.0. The molecular weight excluding hydrogens is 300 g/mol. The second-order valence-corrected chi connectivity index (χ2v) is 7.03. The van der Waals surface area contributed by atoms with E-state index in [1.807, 2.05) is 0 Å². The van der Waals surface area contributed by atoms with Crippen molar-refractivity contribution in [2.24, 2.45) is 0 Å². The Labute approximate surface area is 124 Å². The molecule has 2 rings (SSSR count). The molecule has 0 unspecified atom stereocenters. The second-order valence-electron chi connectivity index (χ2n) is 4.86. The number of anilines is 1. The highest BCUT2D eigenvalue weighted by Crippen LogP contribution is 2.22. The third kappa shape index (κ3) is 4.09. The molecule has 5 nitrogen and oxygen atoms in total. The molecule has 1 fully saturated rings. The van der Waals surface area contributed by atoms with Gasteiger partial charge in [-0.1, -0.05) is 24.4 Å². The molecule has 0 saturated heterocycles. The van der Waals surface area contributed by atoms with Crippen LogP contribution in [0.1, 0.15) is 25.7 Å². The predicted molar refractivity (Wildman–Crippen MR) is 79.3 cm³/mol. The van der Waals surface area contributed by atoms with Crippen LogP contribution in [0.5, 0.6) is 0 Å². The summed E-state index contributed by atoms with van der Waals surface area (Å²) in [5.74, 6) is 0. The van der Waals surface area contributed by atoms with Crippen molar-refractivity contribution in [3.05, 3.63) is 23.2 Å². The van der Waals surface area contributed by atoms with Crippen molar-refractivity contribution in [3.8, 4) is 0 Å². The fourth-order valence-electron chi connectivity index (χ4n) is 2.21. The Morgan fingerprint density at radius 1 is 1.35 bits per heavy atom. The molecule has 1 aromatic carbocycles. The smallest absolute Gasteiger partial charge is 0.240 e. The number of ether oxygens (including phenoxy) is 1. The number of nitrogen functional groups attached to an aromatic ring is 1. The second kappa shape index (κ2) is 6.76. The number of halogens is 1. The molecule has 0 aliphatic heterocycles. The van der Waals surface area contributed by atoms with Crippen LogP contribution in [-0.4, -0.2) is 27.7 Å². The Balaban J connectivity index is 1.85. The van der Waals surface area contributed by atoms with Crippen LogP contribution < -0.4 is 10.5 Å². The topological polar surface area (TPSA) is 81.4 Å². The summed E-state index contributed by atoms with van der Waals surface area (Å²) in [6, 6.07) is 4.25. The number of hydrogen-bond acceptors (Lipinski definition) is 4. The average Bonchev–Trinajstić information content (AvgIpc) is 2.91. The molecule has 0 aromatic heterocycles. The van der Waals surface area contributed by atoms with E-state index in [1.54, 1.807) is 0 Å². The van der Waals surface area contributed by atoms with E-state index < -0.39 is 10.0 Å². The number of sulfonamides is 1. The predicted octanol–water partition coefficient (Wildman–Crippen LogP) is 2.16. The fourth-order valence-corrected chi connectivity index (χ4v) is 3.50. The van der Waals surface area contributed by atoms with E-state index in [4.69, 9.17) is 22.1 Å². The maximum Gasteiger partial charge on any atom is 0.240 e. The van der Waals surface area contributed by atoms with Gasteiger partial charge in [0.2, 0.25) is 10.0 Å². The van der Waals surface area contributed by atoms with Crippen LogP contribution in [0.15, 0.2) is 23.1 Å². The monoisotopic (exact) mass is 318 g/mol. The highest BCUT2D eigenvalue weighted by molar-refractivity contribution is 7.89. The van der Waals surface area contributed by atoms with Crippen molar-refractivity contribution in [1.82, 2.24) is 4.72 Å². The van der Waals surface area contributed by atoms with Crippen LogP contribution >= 0.6 is 11.6 Å². The van der Waals surface area contributed by atoms with Crippen LogP contribution in [0.25, 0.3) is 0 Å². The third-order valence-corrected chi connectivity index (χ3v) is 5.12. The molecule has 1 aromatic rings. The first-order valence-corrected chi connectivity index (χ1v) is 8.51. The number of nitrogens with one attached hydrogen (secondary N) is 1. The van der Waals surface area contributed by atoms with Gasteiger partial charge in [0.25, 0.3) is 0 Å². The molecular formula is C13H19ClN2O3S. The largest absolute Gasteiger partial charge is 0.398 e. The number of nitrogens with two attached hydrogens (primary N) is 1. The maximum atomic E-state index is 12.0. The average molecular weight is 319 g/mol. The van der Waals surface area contributed by atoms with Crippen molar-refractivity contribution >= 4 is 27.3 Å². The van der Waals surface area contributed by atoms with Gasteiger partial charge in [-0.05, 0) is 31.0 Å². The lowest BCUT2D eigenvalue weighted by atomic mass is 10.3. The molecule has 20 heavy (non-hydrogen) atoms. The van der Waals surface area contributed by atoms with Crippen molar-refractivity contribution in [2.75, 3.05) is 18.9 Å². The molecule has 112 valence electrons. The van der Waals surface area contributed by atoms with Crippen LogP contribution in [0.3, 0.4) is 0 Å². The molecule has 1 aliphatic carbocycles. The summed E-state index contributed by atoms with van der Waals surface area (Å²) in [5, 5.41) is 0.232. The Bertz CT molecular complexity index is 557. The fraction of sp³-hybridized carbons (Fsp3) is 0.538. The summed E-state index contributed by atoms with van der Waals surface area (Å²) >= 11 is 5.83. The molecule has 0 atom stereocenters. The van der Waals surface area contributed by atoms with Crippen molar-refractivity contribution in [1.29, 1.82) is 0 Å². The van der Waals surface area contributed by atoms with Crippen LogP contribution in [0.2, 0.25) is 5.02 Å². The van der Waals surface area contributed by atoms with E-state index in [0.717, 1.165) is 12.8 Å². The van der Waals surface area contributed by atoms with Gasteiger partial charge in [0.1, 0.15) is 0 Å². The van der Waals surface area contributed by atoms with Crippen molar-refractivity contribution in [3.63, 3.8) is 0 Å². The van der Waals surface area contributed by atoms with Gasteiger partial charge in [-0.25, -0.2) is 13.1 Å². The van der Waals surface area contributed by atoms with Crippen LogP contribution in [0.4, 0.5) is 5.69 Å². The first-order chi connectivity index (χ1) is 9.49. The summed E-state index contributed by atoms with van der Waals surface area (Å²) in [6.07, 6.45) is 4.81. The highest BCUT2D eigenvalue weighted by Gasteiger charge is 2.17. The van der Waals surface area contributed by atoms with Gasteiger partial charge in [-0.15, -0.1) is 0 Å². The molecule has 0 bridgehead atoms. The minimum Gasteiger partial charge on any atom is -0.398 e. The molecule has 1 aliphatic rings. The number of hydrogen-bond donors (Lipinski definition) is 2. The van der Waals surface area contributed by atoms with Crippen molar-refractivity contribution in [2.45, 2.75) is 36.7 Å². The first-order valence-electron chi connectivity index (χ1n) is 6.65. The van der Waals surface area contributed by atoms with Gasteiger partial charge in [-0.2, -0.15) is 0 Å². The Morgan fingerprint density at radius 3 is 2.70 bits per heavy atom. The molecule has 3 N–H and O–H groups in total. The van der Waals surface area contributed by atoms with Gasteiger partial charge in [0, 0.05) is 6.54 Å². The lowest BCUT2D eigenvalue weighted by molar-refractivity contribution is 0.0626. The summed E-state index contributed by atoms with van der Waals surface area (Å²) < 4.78 is 32.1. The Hall–Kier alpha value is -0.820. The highest BCUT2D eigenvalue weighted by atomic mass is 35.5. The lowest BCUT2D eigenvalue weighted by Gasteiger charge is -2.12. The molecule has 0 spiro atoms. The van der Waals surface area contributed by atoms with E-state index in [0.29, 0.717) is 12.3 Å². The van der Waals surface area contributed by atoms with E-state index in [2.05, 4.69) is 4.72 Å². The zero-order valence-corrected chi connectivity index (χ0v) is 12.7. The van der Waals surface area contributed by atoms with Gasteiger partial charge in [-0.3, -0.25) is 0 Å². The summed E-state index contributed by atoms with van der Waals surface area (Å²) in [6.45, 7) is 0.632. The van der Waals surface area contributed by atoms with Gasteiger partial charge in [0.15, 0.2) is 0 Å². The summed E-state index contributed by atoms with van der Waals surface area (Å²) in [5.41, 5.74) is 5.91. The van der Waals surface area contributed by atoms with Gasteiger partial charge < -0.3 is 10.5 Å². The zero-order chi connectivity index (χ0) is 14.6. The zero-order valence-electron chi connectivity index (χ0n) is 11.1. The molecule has 0 radical (unpaired) electrons. The standard InChI is InChI=1S/C13H19ClN2O3S/c14-12-9-11(5-6-13(12)15)20(17,18)16-7-8-19-10-3-1-2-4-10/h5-6,9-10,16H,1-4,7-8,15H2. The van der Waals surface area contributed by atoms with E-state index >= 15 is 0 Å². The normalized spacial score (nSPS) is 16.6. The van der Waals surface area contributed by atoms with E-state index in [1.165, 1.54) is 31.0 Å². The minimum absolute atomic E-state index is 0.109. The quantitative estimate of drug-likeness (QED) is 0.622. The van der Waals surface area contributed by atoms with Gasteiger partial charge >= 0.3 is 0 Å². The number of benzene rings is 1. The van der Waals surface area contributed by atoms with Crippen molar-refractivity contribution < 1.29 is 13.2 Å². The lowest BCUT2D eigenvalue weighted by Crippen LogP contribution is -2.28. The van der Waals surface area contributed by atoms with E-state index in [9.17, 15) is 8.42 Å².